The van der Waals surface area contributed by atoms with Crippen molar-refractivity contribution in [2.24, 2.45) is 7.05 Å². The minimum Gasteiger partial charge on any atom is -0.768 e. The molecule has 0 aliphatic heterocycles. The molecule has 1 N–H and O–H groups in total. The molecule has 0 aliphatic carbocycles. The molecule has 0 bridgehead atoms. The second kappa shape index (κ2) is 4.90. The largest absolute Gasteiger partial charge is 0.768 e. The molecule has 1 unspecified atom stereocenters. The zero-order valence-corrected chi connectivity index (χ0v) is 10.6. The Balaban J connectivity index is 2.63. The third kappa shape index (κ3) is 2.40. The van der Waals surface area contributed by atoms with Gasteiger partial charge in [-0.05, 0) is 35.3 Å². The van der Waals surface area contributed by atoms with Crippen molar-refractivity contribution in [3.63, 3.8) is 0 Å². The average Bonchev–Trinajstić information content (AvgIpc) is 2.40. The molecule has 0 radical (unpaired) electrons. The summed E-state index contributed by atoms with van der Waals surface area (Å²) in [7, 11) is 1.28. The van der Waals surface area contributed by atoms with Crippen molar-refractivity contribution in [2.75, 3.05) is 0 Å². The minimum absolute atomic E-state index is 0.0683. The summed E-state index contributed by atoms with van der Waals surface area (Å²) in [6, 6.07) is 5.37. The van der Waals surface area contributed by atoms with Crippen LogP contribution >= 0.6 is 0 Å². The van der Waals surface area contributed by atoms with E-state index in [1.54, 1.807) is 0 Å². The van der Waals surface area contributed by atoms with Gasteiger partial charge in [0.05, 0.1) is 11.9 Å². The summed E-state index contributed by atoms with van der Waals surface area (Å²) in [5.41, 5.74) is -0.797. The van der Waals surface area contributed by atoms with E-state index in [1.807, 2.05) is 0 Å². The number of nitrogens with zero attached hydrogens (tertiary/aromatic N) is 2. The third-order valence-electron chi connectivity index (χ3n) is 2.60. The average molecular weight is 282 g/mol. The van der Waals surface area contributed by atoms with Crippen molar-refractivity contribution in [3.8, 4) is 5.69 Å². The molecule has 6 nitrogen and oxygen atoms in total. The van der Waals surface area contributed by atoms with Gasteiger partial charge in [-0.1, -0.05) is 0 Å². The summed E-state index contributed by atoms with van der Waals surface area (Å²) in [4.78, 5) is 11.9. The van der Waals surface area contributed by atoms with Crippen LogP contribution in [0.3, 0.4) is 0 Å². The Morgan fingerprint density at radius 1 is 1.32 bits per heavy atom. The SMILES string of the molecule is Cn1c(=N)c(F)cn(-c2ccc(S(=O)[O-])cc2)c1=O. The highest BCUT2D eigenvalue weighted by Gasteiger charge is 2.07. The van der Waals surface area contributed by atoms with Crippen molar-refractivity contribution >= 4 is 11.1 Å². The van der Waals surface area contributed by atoms with E-state index in [0.717, 1.165) is 15.3 Å². The van der Waals surface area contributed by atoms with E-state index < -0.39 is 28.1 Å². The first-order valence-corrected chi connectivity index (χ1v) is 6.22. The smallest absolute Gasteiger partial charge is 0.334 e. The fourth-order valence-corrected chi connectivity index (χ4v) is 1.91. The van der Waals surface area contributed by atoms with Crippen molar-refractivity contribution in [3.05, 3.63) is 52.3 Å². The van der Waals surface area contributed by atoms with E-state index in [0.29, 0.717) is 5.69 Å². The van der Waals surface area contributed by atoms with Crippen molar-refractivity contribution < 1.29 is 13.2 Å². The van der Waals surface area contributed by atoms with Gasteiger partial charge in [0.2, 0.25) is 0 Å². The number of nitrogens with one attached hydrogen (secondary N) is 1. The highest BCUT2D eigenvalue weighted by molar-refractivity contribution is 7.79. The molecule has 19 heavy (non-hydrogen) atoms. The molecule has 1 aromatic carbocycles. The lowest BCUT2D eigenvalue weighted by atomic mass is 10.3. The van der Waals surface area contributed by atoms with Crippen LogP contribution in [0.5, 0.6) is 0 Å². The molecule has 0 fully saturated rings. The Labute approximate surface area is 109 Å². The first-order chi connectivity index (χ1) is 8.91. The van der Waals surface area contributed by atoms with Gasteiger partial charge in [0.25, 0.3) is 0 Å². The van der Waals surface area contributed by atoms with Crippen LogP contribution in [0.25, 0.3) is 5.69 Å². The van der Waals surface area contributed by atoms with E-state index in [-0.39, 0.29) is 4.90 Å². The van der Waals surface area contributed by atoms with E-state index in [9.17, 15) is 17.9 Å². The fourth-order valence-electron chi connectivity index (χ4n) is 1.55. The molecular weight excluding hydrogens is 273 g/mol. The van der Waals surface area contributed by atoms with Crippen LogP contribution in [0.2, 0.25) is 0 Å². The summed E-state index contributed by atoms with van der Waals surface area (Å²) >= 11 is -2.36. The highest BCUT2D eigenvalue weighted by Crippen LogP contribution is 2.10. The molecule has 0 aliphatic rings. The number of hydrogen-bond donors (Lipinski definition) is 1. The zero-order valence-electron chi connectivity index (χ0n) is 9.79. The molecule has 0 spiro atoms. The van der Waals surface area contributed by atoms with Gasteiger partial charge in [0.15, 0.2) is 11.3 Å². The van der Waals surface area contributed by atoms with E-state index in [2.05, 4.69) is 0 Å². The predicted octanol–water partition coefficient (Wildman–Crippen LogP) is 0.0326. The zero-order chi connectivity index (χ0) is 14.2. The number of rotatable bonds is 2. The molecule has 1 aromatic heterocycles. The maximum atomic E-state index is 13.4. The monoisotopic (exact) mass is 282 g/mol. The van der Waals surface area contributed by atoms with E-state index in [1.165, 1.54) is 31.3 Å². The fraction of sp³-hybridized carbons (Fsp3) is 0.0909. The lowest BCUT2D eigenvalue weighted by Gasteiger charge is -2.10. The third-order valence-corrected chi connectivity index (χ3v) is 3.26. The van der Waals surface area contributed by atoms with E-state index >= 15 is 0 Å². The van der Waals surface area contributed by atoms with Crippen LogP contribution in [0.4, 0.5) is 4.39 Å². The van der Waals surface area contributed by atoms with Crippen LogP contribution in [-0.2, 0) is 18.1 Å². The van der Waals surface area contributed by atoms with Crippen LogP contribution in [-0.4, -0.2) is 17.9 Å². The van der Waals surface area contributed by atoms with Gasteiger partial charge in [-0.25, -0.2) is 9.18 Å². The molecule has 0 saturated heterocycles. The molecule has 100 valence electrons. The Bertz CT molecular complexity index is 764. The van der Waals surface area contributed by atoms with Gasteiger partial charge in [-0.15, -0.1) is 0 Å². The number of benzene rings is 1. The van der Waals surface area contributed by atoms with Gasteiger partial charge in [-0.2, -0.15) is 0 Å². The topological polar surface area (TPSA) is 90.9 Å². The van der Waals surface area contributed by atoms with Gasteiger partial charge in [0, 0.05) is 11.9 Å². The summed E-state index contributed by atoms with van der Waals surface area (Å²) < 4.78 is 36.7. The molecule has 0 amide bonds. The lowest BCUT2D eigenvalue weighted by molar-refractivity contribution is 0.536. The summed E-state index contributed by atoms with van der Waals surface area (Å²) in [5.74, 6) is -0.849. The maximum Gasteiger partial charge on any atom is 0.334 e. The highest BCUT2D eigenvalue weighted by atomic mass is 32.2. The first-order valence-electron chi connectivity index (χ1n) is 5.14. The Morgan fingerprint density at radius 3 is 2.42 bits per heavy atom. The maximum absolute atomic E-state index is 13.4. The predicted molar refractivity (Wildman–Crippen MR) is 64.0 cm³/mol. The lowest BCUT2D eigenvalue weighted by Crippen LogP contribution is -2.38. The Morgan fingerprint density at radius 2 is 1.89 bits per heavy atom. The summed E-state index contributed by atoms with van der Waals surface area (Å²) in [5, 5.41) is 7.33. The van der Waals surface area contributed by atoms with Crippen LogP contribution in [0, 0.1) is 11.2 Å². The molecular formula is C11H9FN3O3S-. The Kier molecular flexibility index (Phi) is 3.45. The first kappa shape index (κ1) is 13.4. The second-order valence-corrected chi connectivity index (χ2v) is 4.71. The van der Waals surface area contributed by atoms with Crippen molar-refractivity contribution in [2.45, 2.75) is 4.90 Å². The molecule has 1 atom stereocenters. The van der Waals surface area contributed by atoms with E-state index in [4.69, 9.17) is 5.41 Å². The second-order valence-electron chi connectivity index (χ2n) is 3.77. The molecule has 2 rings (SSSR count). The van der Waals surface area contributed by atoms with Gasteiger partial charge < -0.3 is 4.55 Å². The molecule has 8 heteroatoms. The van der Waals surface area contributed by atoms with Crippen molar-refractivity contribution in [1.82, 2.24) is 9.13 Å². The van der Waals surface area contributed by atoms with Gasteiger partial charge in [0.1, 0.15) is 0 Å². The molecule has 1 heterocycles. The molecule has 2 aromatic rings. The number of hydrogen-bond acceptors (Lipinski definition) is 4. The summed E-state index contributed by atoms with van der Waals surface area (Å²) in [6.07, 6.45) is 0.897. The standard InChI is InChI=1S/C11H10FN3O3S/c1-14-10(13)9(12)6-15(11(14)16)7-2-4-8(5-3-7)19(17)18/h2-6,13H,1H3,(H,17,18)/p-1. The Hall–Kier alpha value is -2.06. The minimum atomic E-state index is -2.36. The number of halogens is 1. The van der Waals surface area contributed by atoms with Crippen LogP contribution in [0.15, 0.2) is 40.2 Å². The van der Waals surface area contributed by atoms with Crippen LogP contribution < -0.4 is 11.2 Å². The normalized spacial score (nSPS) is 12.4. The number of aromatic nitrogens is 2. The van der Waals surface area contributed by atoms with Gasteiger partial charge >= 0.3 is 5.69 Å². The van der Waals surface area contributed by atoms with Crippen LogP contribution in [0.1, 0.15) is 0 Å². The quantitative estimate of drug-likeness (QED) is 0.788. The van der Waals surface area contributed by atoms with Crippen molar-refractivity contribution in [1.29, 1.82) is 5.41 Å². The summed E-state index contributed by atoms with van der Waals surface area (Å²) in [6.45, 7) is 0. The van der Waals surface area contributed by atoms with Gasteiger partial charge in [-0.3, -0.25) is 18.8 Å². The molecule has 0 saturated carbocycles.